The van der Waals surface area contributed by atoms with E-state index < -0.39 is 0 Å². The van der Waals surface area contributed by atoms with Crippen LogP contribution in [0.4, 0.5) is 0 Å². The molecular weight excluding hydrogens is 304 g/mol. The Kier molecular flexibility index (Phi) is 4.02. The van der Waals surface area contributed by atoms with Crippen LogP contribution in [0.15, 0.2) is 35.0 Å². The molecule has 1 aliphatic rings. The van der Waals surface area contributed by atoms with E-state index in [1.54, 1.807) is 11.3 Å². The average molecular weight is 321 g/mol. The highest BCUT2D eigenvalue weighted by Gasteiger charge is 2.37. The van der Waals surface area contributed by atoms with Gasteiger partial charge in [0.2, 0.25) is 5.91 Å². The van der Waals surface area contributed by atoms with Gasteiger partial charge < -0.3 is 4.90 Å². The number of amides is 1. The summed E-state index contributed by atoms with van der Waals surface area (Å²) in [6.45, 7) is 4.63. The van der Waals surface area contributed by atoms with Crippen molar-refractivity contribution in [3.05, 3.63) is 56.7 Å². The fourth-order valence-electron chi connectivity index (χ4n) is 2.60. The molecule has 0 spiro atoms. The summed E-state index contributed by atoms with van der Waals surface area (Å²) in [7, 11) is 0. The van der Waals surface area contributed by atoms with Gasteiger partial charge in [-0.25, -0.2) is 0 Å². The van der Waals surface area contributed by atoms with Crippen LogP contribution < -0.4 is 5.32 Å². The molecule has 2 unspecified atom stereocenters. The predicted molar refractivity (Wildman–Crippen MR) is 86.4 cm³/mol. The van der Waals surface area contributed by atoms with Crippen molar-refractivity contribution in [2.45, 2.75) is 32.6 Å². The van der Waals surface area contributed by atoms with Crippen LogP contribution in [-0.4, -0.2) is 16.8 Å². The molecule has 1 saturated heterocycles. The van der Waals surface area contributed by atoms with Crippen LogP contribution in [0.25, 0.3) is 0 Å². The molecule has 21 heavy (non-hydrogen) atoms. The molecular formula is C16H17ClN2OS. The highest BCUT2D eigenvalue weighted by atomic mass is 35.5. The van der Waals surface area contributed by atoms with E-state index in [4.69, 9.17) is 11.6 Å². The Morgan fingerprint density at radius 3 is 2.62 bits per heavy atom. The van der Waals surface area contributed by atoms with Crippen LogP contribution in [0.2, 0.25) is 5.02 Å². The van der Waals surface area contributed by atoms with E-state index in [9.17, 15) is 4.79 Å². The van der Waals surface area contributed by atoms with Gasteiger partial charge in [0, 0.05) is 11.6 Å². The van der Waals surface area contributed by atoms with Crippen LogP contribution in [-0.2, 0) is 11.3 Å². The lowest BCUT2D eigenvalue weighted by Gasteiger charge is -2.24. The Hall–Kier alpha value is -1.36. The molecule has 1 aromatic heterocycles. The maximum Gasteiger partial charge on any atom is 0.241 e. The van der Waals surface area contributed by atoms with Crippen molar-refractivity contribution in [3.63, 3.8) is 0 Å². The first-order valence-corrected chi connectivity index (χ1v) is 8.22. The molecule has 2 aromatic rings. The summed E-state index contributed by atoms with van der Waals surface area (Å²) in [6, 6.07) is 7.50. The molecule has 1 aliphatic heterocycles. The number of hydrogen-bond acceptors (Lipinski definition) is 3. The van der Waals surface area contributed by atoms with Gasteiger partial charge in [0.1, 0.15) is 6.17 Å². The molecule has 5 heteroatoms. The standard InChI is InChI=1S/C16H17ClN2OS/c1-10-8-21-9-13(10)7-19-15(18-11(2)16(19)20)12-3-5-14(17)6-4-12/h3-6,8-9,11,15,18H,7H2,1-2H3. The molecule has 0 saturated carbocycles. The van der Waals surface area contributed by atoms with E-state index in [1.807, 2.05) is 36.1 Å². The van der Waals surface area contributed by atoms with Crippen molar-refractivity contribution < 1.29 is 4.79 Å². The van der Waals surface area contributed by atoms with Crippen LogP contribution in [0.3, 0.4) is 0 Å². The third kappa shape index (κ3) is 2.84. The fourth-order valence-corrected chi connectivity index (χ4v) is 3.57. The van der Waals surface area contributed by atoms with Crippen LogP contribution in [0.1, 0.15) is 29.8 Å². The summed E-state index contributed by atoms with van der Waals surface area (Å²) in [6.07, 6.45) is -0.0935. The van der Waals surface area contributed by atoms with Crippen molar-refractivity contribution in [1.29, 1.82) is 0 Å². The molecule has 1 N–H and O–H groups in total. The highest BCUT2D eigenvalue weighted by Crippen LogP contribution is 2.29. The molecule has 2 atom stereocenters. The summed E-state index contributed by atoms with van der Waals surface area (Å²) in [4.78, 5) is 14.3. The van der Waals surface area contributed by atoms with Gasteiger partial charge in [0.05, 0.1) is 6.04 Å². The smallest absolute Gasteiger partial charge is 0.241 e. The molecule has 0 radical (unpaired) electrons. The van der Waals surface area contributed by atoms with Crippen molar-refractivity contribution in [1.82, 2.24) is 10.2 Å². The van der Waals surface area contributed by atoms with E-state index in [0.29, 0.717) is 11.6 Å². The second-order valence-corrected chi connectivity index (χ2v) is 6.57. The Morgan fingerprint density at radius 1 is 1.29 bits per heavy atom. The third-order valence-electron chi connectivity index (χ3n) is 3.86. The van der Waals surface area contributed by atoms with Crippen LogP contribution in [0.5, 0.6) is 0 Å². The molecule has 1 aromatic carbocycles. The average Bonchev–Trinajstić information content (AvgIpc) is 2.99. The van der Waals surface area contributed by atoms with Gasteiger partial charge in [0.25, 0.3) is 0 Å². The number of nitrogens with zero attached hydrogens (tertiary/aromatic N) is 1. The van der Waals surface area contributed by atoms with Crippen LogP contribution in [0, 0.1) is 6.92 Å². The first-order chi connectivity index (χ1) is 10.1. The number of halogens is 1. The van der Waals surface area contributed by atoms with Crippen molar-refractivity contribution >= 4 is 28.8 Å². The first kappa shape index (κ1) is 14.6. The predicted octanol–water partition coefficient (Wildman–Crippen LogP) is 3.73. The maximum absolute atomic E-state index is 12.4. The normalized spacial score (nSPS) is 22.0. The molecule has 1 amide bonds. The number of aryl methyl sites for hydroxylation is 1. The molecule has 3 nitrogen and oxygen atoms in total. The van der Waals surface area contributed by atoms with Crippen molar-refractivity contribution in [2.24, 2.45) is 0 Å². The van der Waals surface area contributed by atoms with Crippen molar-refractivity contribution in [2.75, 3.05) is 0 Å². The Balaban J connectivity index is 1.89. The lowest BCUT2D eigenvalue weighted by molar-refractivity contribution is -0.130. The number of benzene rings is 1. The van der Waals surface area contributed by atoms with Gasteiger partial charge in [-0.05, 0) is 53.4 Å². The largest absolute Gasteiger partial charge is 0.317 e. The number of hydrogen-bond donors (Lipinski definition) is 1. The van der Waals surface area contributed by atoms with E-state index in [2.05, 4.69) is 23.0 Å². The maximum atomic E-state index is 12.4. The molecule has 110 valence electrons. The molecule has 3 rings (SSSR count). The zero-order valence-corrected chi connectivity index (χ0v) is 13.5. The lowest BCUT2D eigenvalue weighted by Crippen LogP contribution is -2.30. The summed E-state index contributed by atoms with van der Waals surface area (Å²) < 4.78 is 0. The molecule has 1 fully saturated rings. The second kappa shape index (κ2) is 5.79. The zero-order valence-electron chi connectivity index (χ0n) is 12.0. The number of carbonyl (C=O) groups excluding carboxylic acids is 1. The quantitative estimate of drug-likeness (QED) is 0.934. The van der Waals surface area contributed by atoms with E-state index in [-0.39, 0.29) is 18.1 Å². The topological polar surface area (TPSA) is 32.3 Å². The minimum absolute atomic E-state index is 0.0935. The summed E-state index contributed by atoms with van der Waals surface area (Å²) in [5.74, 6) is 0.139. The Labute approximate surface area is 133 Å². The molecule has 0 bridgehead atoms. The van der Waals surface area contributed by atoms with E-state index in [1.165, 1.54) is 11.1 Å². The summed E-state index contributed by atoms with van der Waals surface area (Å²) in [5, 5.41) is 8.29. The molecule has 0 aliphatic carbocycles. The minimum Gasteiger partial charge on any atom is -0.317 e. The third-order valence-corrected chi connectivity index (χ3v) is 5.02. The SMILES string of the molecule is Cc1cscc1CN1C(=O)C(C)NC1c1ccc(Cl)cc1. The minimum atomic E-state index is -0.162. The highest BCUT2D eigenvalue weighted by molar-refractivity contribution is 7.08. The van der Waals surface area contributed by atoms with Gasteiger partial charge in [0.15, 0.2) is 0 Å². The second-order valence-electron chi connectivity index (χ2n) is 5.39. The van der Waals surface area contributed by atoms with Gasteiger partial charge in [-0.3, -0.25) is 10.1 Å². The number of nitrogens with one attached hydrogen (secondary N) is 1. The van der Waals surface area contributed by atoms with Crippen LogP contribution >= 0.6 is 22.9 Å². The van der Waals surface area contributed by atoms with Gasteiger partial charge in [-0.1, -0.05) is 23.7 Å². The Bertz CT molecular complexity index is 653. The summed E-state index contributed by atoms with van der Waals surface area (Å²) in [5.41, 5.74) is 3.51. The van der Waals surface area contributed by atoms with Crippen molar-refractivity contribution in [3.8, 4) is 0 Å². The number of rotatable bonds is 3. The van der Waals surface area contributed by atoms with Gasteiger partial charge in [-0.2, -0.15) is 11.3 Å². The van der Waals surface area contributed by atoms with E-state index in [0.717, 1.165) is 5.56 Å². The fraction of sp³-hybridized carbons (Fsp3) is 0.312. The van der Waals surface area contributed by atoms with E-state index >= 15 is 0 Å². The lowest BCUT2D eigenvalue weighted by atomic mass is 10.1. The monoisotopic (exact) mass is 320 g/mol. The van der Waals surface area contributed by atoms with Gasteiger partial charge in [-0.15, -0.1) is 0 Å². The number of carbonyl (C=O) groups is 1. The zero-order chi connectivity index (χ0) is 15.0. The Morgan fingerprint density at radius 2 is 2.00 bits per heavy atom. The summed E-state index contributed by atoms with van der Waals surface area (Å²) >= 11 is 7.62. The van der Waals surface area contributed by atoms with Gasteiger partial charge >= 0.3 is 0 Å². The molecule has 2 heterocycles. The number of thiophene rings is 1. The first-order valence-electron chi connectivity index (χ1n) is 6.90.